The summed E-state index contributed by atoms with van der Waals surface area (Å²) >= 11 is 5.84. The second-order valence-electron chi connectivity index (χ2n) is 11.3. The quantitative estimate of drug-likeness (QED) is 0.0577. The Morgan fingerprint density at radius 3 is 1.78 bits per heavy atom. The van der Waals surface area contributed by atoms with Crippen LogP contribution in [-0.2, 0) is 60.7 Å². The maximum atomic E-state index is 12.7. The average Bonchev–Trinajstić information content (AvgIpc) is 3.13. The Bertz CT molecular complexity index is 2280. The minimum absolute atomic E-state index is 0.0515. The number of hydrogen-bond donors (Lipinski definition) is 2. The van der Waals surface area contributed by atoms with Gasteiger partial charge in [0.25, 0.3) is 11.1 Å². The molecule has 0 aliphatic rings. The Morgan fingerprint density at radius 2 is 1.34 bits per heavy atom. The Labute approximate surface area is 347 Å². The van der Waals surface area contributed by atoms with Gasteiger partial charge in [0.2, 0.25) is 0 Å². The van der Waals surface area contributed by atoms with Crippen LogP contribution in [0.25, 0.3) is 11.3 Å². The van der Waals surface area contributed by atoms with E-state index < -0.39 is 45.3 Å². The molecular weight excluding hydrogens is 883 g/mol. The van der Waals surface area contributed by atoms with Crippen molar-refractivity contribution in [3.63, 3.8) is 0 Å². The summed E-state index contributed by atoms with van der Waals surface area (Å²) in [6.45, 7) is 4.46. The van der Waals surface area contributed by atoms with Crippen molar-refractivity contribution in [3.05, 3.63) is 114 Å². The van der Waals surface area contributed by atoms with Crippen molar-refractivity contribution >= 4 is 65.2 Å². The third kappa shape index (κ3) is 18.2. The molecule has 0 fully saturated rings. The van der Waals surface area contributed by atoms with Crippen LogP contribution in [0.2, 0.25) is 0 Å². The van der Waals surface area contributed by atoms with Crippen molar-refractivity contribution < 1.29 is 54.9 Å². The molecule has 0 saturated heterocycles. The zero-order valence-corrected chi connectivity index (χ0v) is 34.5. The number of hydrogen-bond acceptors (Lipinski definition) is 14. The molecule has 5 rings (SSSR count). The molecule has 319 valence electrons. The van der Waals surface area contributed by atoms with Crippen LogP contribution in [-0.4, -0.2) is 71.1 Å². The van der Waals surface area contributed by atoms with Gasteiger partial charge in [-0.15, -0.1) is 0 Å². The Morgan fingerprint density at radius 1 is 0.847 bits per heavy atom. The first-order valence-corrected chi connectivity index (χ1v) is 17.6. The standard InChI is InChI=1S/C11H8BrF3N2O2.C11H9F3N2O2.C7H10N2O.C6H10O3.BHNS/c1-19-5-6-2-3-17-7(4-6)16-9(11(13,14)15)8(12)10(17)18;1-18-6-7-2-3-16-9(4-7)15-8(5-10(16)17)11(12,13)14;1-10-5-6-2-3-9-7(8)4-6;1-3-9-6(8)4-5(2)7;1-2-3/h2-4H,5H2,1H3;2-5H,6H2,1H3;2-4H,5H2,1H3,(H2,8,9);3-4H2,1-2H3;3H. The number of esters is 1. The van der Waals surface area contributed by atoms with E-state index in [1.165, 1.54) is 45.7 Å². The molecule has 0 amide bonds. The van der Waals surface area contributed by atoms with Crippen molar-refractivity contribution in [2.24, 2.45) is 4.30 Å². The molecule has 24 heteroatoms. The van der Waals surface area contributed by atoms with Gasteiger partial charge >= 0.3 is 43.1 Å². The van der Waals surface area contributed by atoms with Crippen LogP contribution in [0.5, 0.6) is 0 Å². The van der Waals surface area contributed by atoms with Crippen LogP contribution in [0, 0.1) is 0 Å². The number of ether oxygens (including phenoxy) is 4. The number of nitrogens with two attached hydrogens (primary N) is 1. The first kappa shape index (κ1) is 52.0. The summed E-state index contributed by atoms with van der Waals surface area (Å²) in [7, 11) is 8.92. The van der Waals surface area contributed by atoms with Gasteiger partial charge in [0, 0.05) is 46.0 Å². The van der Waals surface area contributed by atoms with E-state index in [0.717, 1.165) is 14.4 Å². The molecule has 0 bridgehead atoms. The van der Waals surface area contributed by atoms with Crippen molar-refractivity contribution in [1.82, 2.24) is 23.8 Å². The van der Waals surface area contributed by atoms with Crippen LogP contribution in [0.15, 0.2) is 79.4 Å². The number of Topliss-reactive ketones (excluding diaryl/α,β-unsaturated/α-hetero) is 1. The van der Waals surface area contributed by atoms with E-state index in [0.29, 0.717) is 36.2 Å². The van der Waals surface area contributed by atoms with Crippen LogP contribution in [0.3, 0.4) is 0 Å². The van der Waals surface area contributed by atoms with Gasteiger partial charge in [-0.2, -0.15) is 26.3 Å². The first-order chi connectivity index (χ1) is 27.7. The van der Waals surface area contributed by atoms with Gasteiger partial charge in [-0.25, -0.2) is 15.0 Å². The summed E-state index contributed by atoms with van der Waals surface area (Å²) in [5, 5.41) is 0. The number of rotatable bonds is 9. The number of carbonyl (C=O) groups excluding carboxylic acids is 2. The van der Waals surface area contributed by atoms with E-state index in [4.69, 9.17) is 19.9 Å². The van der Waals surface area contributed by atoms with Crippen LogP contribution < -0.4 is 16.9 Å². The van der Waals surface area contributed by atoms with Gasteiger partial charge in [0.15, 0.2) is 11.4 Å². The zero-order chi connectivity index (χ0) is 44.9. The van der Waals surface area contributed by atoms with E-state index in [1.54, 1.807) is 38.4 Å². The molecule has 0 saturated carbocycles. The molecule has 0 unspecified atom stereocenters. The molecule has 59 heavy (non-hydrogen) atoms. The number of halogens is 7. The number of carbonyl (C=O) groups is 2. The predicted octanol–water partition coefficient (Wildman–Crippen LogP) is 6.00. The third-order valence-corrected chi connectivity index (χ3v) is 7.32. The van der Waals surface area contributed by atoms with E-state index in [2.05, 4.69) is 60.4 Å². The number of nitrogens with zero attached hydrogens (tertiary/aromatic N) is 6. The molecule has 5 aromatic rings. The summed E-state index contributed by atoms with van der Waals surface area (Å²) in [4.78, 5) is 54.7. The molecular formula is C35H38BBrF6N7O8S. The number of nitrogen functional groups attached to an aromatic ring is 1. The van der Waals surface area contributed by atoms with E-state index in [1.807, 2.05) is 6.07 Å². The fraction of sp³-hybridized carbons (Fsp3) is 0.343. The van der Waals surface area contributed by atoms with Crippen molar-refractivity contribution in [2.45, 2.75) is 52.4 Å². The molecule has 1 radical (unpaired) electrons. The summed E-state index contributed by atoms with van der Waals surface area (Å²) in [5.41, 5.74) is 3.63. The number of anilines is 1. The van der Waals surface area contributed by atoms with E-state index in [-0.39, 0.29) is 36.7 Å². The monoisotopic (exact) mass is 920 g/mol. The van der Waals surface area contributed by atoms with Gasteiger partial charge in [-0.1, -0.05) is 0 Å². The average molecular weight is 922 g/mol. The number of alkyl halides is 6. The summed E-state index contributed by atoms with van der Waals surface area (Å²) in [6.07, 6.45) is -5.02. The predicted molar refractivity (Wildman–Crippen MR) is 211 cm³/mol. The number of aromatic nitrogens is 5. The van der Waals surface area contributed by atoms with Gasteiger partial charge in [-0.05, 0) is 82.9 Å². The number of thiol groups is 1. The molecule has 0 aliphatic heterocycles. The van der Waals surface area contributed by atoms with E-state index in [9.17, 15) is 45.5 Å². The minimum atomic E-state index is -4.69. The molecule has 5 aromatic heterocycles. The maximum absolute atomic E-state index is 12.7. The normalized spacial score (nSPS) is 10.7. The molecule has 0 aromatic carbocycles. The fourth-order valence-electron chi connectivity index (χ4n) is 4.32. The van der Waals surface area contributed by atoms with Crippen molar-refractivity contribution in [1.29, 1.82) is 0 Å². The molecule has 0 atom stereocenters. The van der Waals surface area contributed by atoms with Gasteiger partial charge in [0.1, 0.15) is 33.8 Å². The molecule has 0 spiro atoms. The van der Waals surface area contributed by atoms with Crippen molar-refractivity contribution in [3.8, 4) is 0 Å². The summed E-state index contributed by atoms with van der Waals surface area (Å²) < 4.78 is 99.1. The third-order valence-electron chi connectivity index (χ3n) is 6.61. The molecule has 0 aliphatic carbocycles. The fourth-order valence-corrected chi connectivity index (χ4v) is 4.82. The number of ketones is 1. The number of methoxy groups -OCH3 is 3. The Balaban J connectivity index is 0.000000402. The van der Waals surface area contributed by atoms with Gasteiger partial charge < -0.3 is 24.7 Å². The molecule has 5 heterocycles. The number of fused-ring (bicyclic) bond motifs is 2. The summed E-state index contributed by atoms with van der Waals surface area (Å²) in [6, 6.07) is 10.1. The van der Waals surface area contributed by atoms with Gasteiger partial charge in [-0.3, -0.25) is 28.0 Å². The zero-order valence-electron chi connectivity index (χ0n) is 32.0. The Kier molecular flexibility index (Phi) is 22.4. The first-order valence-electron chi connectivity index (χ1n) is 16.4. The number of pyridine rings is 3. The van der Waals surface area contributed by atoms with Gasteiger partial charge in [0.05, 0.1) is 26.4 Å². The van der Waals surface area contributed by atoms with Crippen LogP contribution in [0.4, 0.5) is 32.2 Å². The second kappa shape index (κ2) is 25.5. The molecule has 2 N–H and O–H groups in total. The topological polar surface area (TPSA) is 191 Å². The van der Waals surface area contributed by atoms with Crippen LogP contribution >= 0.6 is 28.7 Å². The molecule has 15 nitrogen and oxygen atoms in total. The van der Waals surface area contributed by atoms with Crippen molar-refractivity contribution in [2.75, 3.05) is 33.7 Å². The van der Waals surface area contributed by atoms with E-state index >= 15 is 0 Å². The van der Waals surface area contributed by atoms with Crippen LogP contribution in [0.1, 0.15) is 48.3 Å². The SMILES string of the molecule is CCOC(=O)CC(C)=O.COCc1ccn2c(=O)c(Br)c(C(F)(F)F)nc2c1.COCc1ccn2c(=O)cc(C(F)(F)F)nc2c1.COCc1ccnc(N)c1.[B]=NS. The summed E-state index contributed by atoms with van der Waals surface area (Å²) in [5.74, 6) is -0.0620. The Hall–Kier alpha value is -5.04. The second-order valence-corrected chi connectivity index (χ2v) is 12.3.